The minimum atomic E-state index is -0.579. The Kier molecular flexibility index (Phi) is 5.21. The maximum Gasteiger partial charge on any atom is 0.0594 e. The Hall–Kier alpha value is -1.08. The highest BCUT2D eigenvalue weighted by Crippen LogP contribution is 2.27. The predicted octanol–water partition coefficient (Wildman–Crippen LogP) is 5.17. The molecule has 1 aromatic carbocycles. The van der Waals surface area contributed by atoms with Crippen molar-refractivity contribution in [2.75, 3.05) is 0 Å². The molecule has 0 amide bonds. The van der Waals surface area contributed by atoms with Crippen LogP contribution in [0.15, 0.2) is 18.2 Å². The van der Waals surface area contributed by atoms with Crippen molar-refractivity contribution in [2.45, 2.75) is 72.3 Å². The van der Waals surface area contributed by atoms with Gasteiger partial charge in [-0.3, -0.25) is 0 Å². The Morgan fingerprint density at radius 1 is 1.00 bits per heavy atom. The first-order valence-electron chi connectivity index (χ1n) is 7.51. The maximum atomic E-state index is 9.72. The highest BCUT2D eigenvalue weighted by atomic mass is 16.3. The third kappa shape index (κ3) is 5.13. The summed E-state index contributed by atoms with van der Waals surface area (Å²) in [5.41, 5.74) is 4.97. The second-order valence-electron chi connectivity index (χ2n) is 7.53. The van der Waals surface area contributed by atoms with E-state index >= 15 is 0 Å². The summed E-state index contributed by atoms with van der Waals surface area (Å²) < 4.78 is 0. The van der Waals surface area contributed by atoms with Crippen LogP contribution in [0.5, 0.6) is 0 Å². The van der Waals surface area contributed by atoms with Crippen LogP contribution in [0.2, 0.25) is 0 Å². The molecule has 0 radical (unpaired) electrons. The zero-order chi connectivity index (χ0) is 15.6. The second-order valence-corrected chi connectivity index (χ2v) is 7.53. The van der Waals surface area contributed by atoms with Gasteiger partial charge in [-0.15, -0.1) is 0 Å². The van der Waals surface area contributed by atoms with Crippen molar-refractivity contribution in [3.63, 3.8) is 0 Å². The molecule has 0 aliphatic carbocycles. The van der Waals surface area contributed by atoms with Crippen LogP contribution in [0, 0.1) is 13.8 Å². The molecule has 1 aromatic rings. The number of benzene rings is 1. The van der Waals surface area contributed by atoms with Crippen LogP contribution in [-0.2, 0) is 5.41 Å². The lowest BCUT2D eigenvalue weighted by molar-refractivity contribution is 0.0722. The number of allylic oxidation sites excluding steroid dienone is 1. The summed E-state index contributed by atoms with van der Waals surface area (Å²) >= 11 is 0. The fourth-order valence-corrected chi connectivity index (χ4v) is 2.31. The molecule has 0 spiro atoms. The van der Waals surface area contributed by atoms with E-state index in [2.05, 4.69) is 58.9 Å². The van der Waals surface area contributed by atoms with E-state index in [1.54, 1.807) is 0 Å². The van der Waals surface area contributed by atoms with Crippen molar-refractivity contribution in [3.05, 3.63) is 40.5 Å². The van der Waals surface area contributed by atoms with Crippen molar-refractivity contribution < 1.29 is 5.11 Å². The van der Waals surface area contributed by atoms with Crippen molar-refractivity contribution in [1.82, 2.24) is 0 Å². The van der Waals surface area contributed by atoms with Crippen LogP contribution in [0.3, 0.4) is 0 Å². The smallest absolute Gasteiger partial charge is 0.0594 e. The molecule has 1 nitrogen and oxygen atoms in total. The van der Waals surface area contributed by atoms with Crippen molar-refractivity contribution in [2.24, 2.45) is 0 Å². The van der Waals surface area contributed by atoms with Gasteiger partial charge in [0.15, 0.2) is 0 Å². The number of aliphatic hydroxyl groups is 1. The van der Waals surface area contributed by atoms with Crippen LogP contribution in [0.25, 0.3) is 6.08 Å². The Labute approximate surface area is 124 Å². The lowest BCUT2D eigenvalue weighted by Crippen LogP contribution is -2.17. The van der Waals surface area contributed by atoms with Gasteiger partial charge in [0.2, 0.25) is 0 Å². The van der Waals surface area contributed by atoms with Gasteiger partial charge in [-0.2, -0.15) is 0 Å². The van der Waals surface area contributed by atoms with Crippen molar-refractivity contribution in [3.8, 4) is 0 Å². The summed E-state index contributed by atoms with van der Waals surface area (Å²) in [6, 6.07) is 4.59. The zero-order valence-corrected chi connectivity index (χ0v) is 14.2. The summed E-state index contributed by atoms with van der Waals surface area (Å²) in [5.74, 6) is 0. The zero-order valence-electron chi connectivity index (χ0n) is 14.2. The molecule has 0 saturated carbocycles. The summed E-state index contributed by atoms with van der Waals surface area (Å²) in [6.07, 6.45) is 6.07. The molecular formula is C19H30O. The predicted molar refractivity (Wildman–Crippen MR) is 89.2 cm³/mol. The van der Waals surface area contributed by atoms with Crippen LogP contribution in [-0.4, -0.2) is 10.7 Å². The molecule has 0 heterocycles. The van der Waals surface area contributed by atoms with E-state index < -0.39 is 5.60 Å². The molecule has 0 aliphatic rings. The number of rotatable bonds is 4. The minimum Gasteiger partial charge on any atom is -0.390 e. The maximum absolute atomic E-state index is 9.72. The van der Waals surface area contributed by atoms with Crippen LogP contribution in [0.1, 0.15) is 69.7 Å². The van der Waals surface area contributed by atoms with Gasteiger partial charge in [-0.25, -0.2) is 0 Å². The minimum absolute atomic E-state index is 0.193. The van der Waals surface area contributed by atoms with Gasteiger partial charge in [0, 0.05) is 0 Å². The van der Waals surface area contributed by atoms with Crippen LogP contribution in [0.4, 0.5) is 0 Å². The molecular weight excluding hydrogens is 244 g/mol. The Balaban J connectivity index is 2.90. The van der Waals surface area contributed by atoms with E-state index in [1.807, 2.05) is 13.8 Å². The largest absolute Gasteiger partial charge is 0.390 e. The molecule has 1 rings (SSSR count). The van der Waals surface area contributed by atoms with E-state index in [9.17, 15) is 5.11 Å². The van der Waals surface area contributed by atoms with Gasteiger partial charge in [0.25, 0.3) is 0 Å². The molecule has 0 aromatic heterocycles. The van der Waals surface area contributed by atoms with Crippen LogP contribution < -0.4 is 0 Å². The summed E-state index contributed by atoms with van der Waals surface area (Å²) in [7, 11) is 0. The third-order valence-electron chi connectivity index (χ3n) is 3.67. The highest BCUT2D eigenvalue weighted by molar-refractivity contribution is 5.59. The lowest BCUT2D eigenvalue weighted by Gasteiger charge is -2.21. The van der Waals surface area contributed by atoms with Gasteiger partial charge in [-0.1, -0.05) is 45.1 Å². The molecule has 20 heavy (non-hydrogen) atoms. The van der Waals surface area contributed by atoms with E-state index in [0.717, 1.165) is 12.8 Å². The summed E-state index contributed by atoms with van der Waals surface area (Å²) in [6.45, 7) is 14.8. The number of hydrogen-bond donors (Lipinski definition) is 1. The topological polar surface area (TPSA) is 20.2 Å². The lowest BCUT2D eigenvalue weighted by atomic mass is 9.83. The third-order valence-corrected chi connectivity index (χ3v) is 3.67. The molecule has 0 bridgehead atoms. The van der Waals surface area contributed by atoms with E-state index in [0.29, 0.717) is 0 Å². The standard InChI is InChI=1S/C19H30O/c1-14-12-16(18(3,4)5)13-15(2)17(14)10-8-9-11-19(6,7)20/h8,10,12-13,20H,9,11H2,1-7H3/b10-8+. The van der Waals surface area contributed by atoms with Crippen molar-refractivity contribution >= 4 is 6.08 Å². The first-order valence-corrected chi connectivity index (χ1v) is 7.51. The molecule has 1 heteroatoms. The van der Waals surface area contributed by atoms with Gasteiger partial charge in [0.1, 0.15) is 0 Å². The first kappa shape index (κ1) is 17.0. The SMILES string of the molecule is Cc1cc(C(C)(C)C)cc(C)c1/C=C/CCC(C)(C)O. The monoisotopic (exact) mass is 274 g/mol. The second kappa shape index (κ2) is 6.13. The molecule has 0 atom stereocenters. The van der Waals surface area contributed by atoms with E-state index in [1.165, 1.54) is 22.3 Å². The number of hydrogen-bond acceptors (Lipinski definition) is 1. The highest BCUT2D eigenvalue weighted by Gasteiger charge is 2.15. The van der Waals surface area contributed by atoms with Crippen LogP contribution >= 0.6 is 0 Å². The van der Waals surface area contributed by atoms with Gasteiger partial charge in [0.05, 0.1) is 5.60 Å². The molecule has 1 N–H and O–H groups in total. The molecule has 0 unspecified atom stereocenters. The Morgan fingerprint density at radius 3 is 1.90 bits per heavy atom. The van der Waals surface area contributed by atoms with Crippen molar-refractivity contribution in [1.29, 1.82) is 0 Å². The molecule has 0 saturated heterocycles. The van der Waals surface area contributed by atoms with Gasteiger partial charge < -0.3 is 5.11 Å². The molecule has 0 fully saturated rings. The normalized spacial score (nSPS) is 13.2. The van der Waals surface area contributed by atoms with E-state index in [4.69, 9.17) is 0 Å². The Morgan fingerprint density at radius 2 is 1.50 bits per heavy atom. The molecule has 112 valence electrons. The Bertz CT molecular complexity index is 458. The van der Waals surface area contributed by atoms with Gasteiger partial charge >= 0.3 is 0 Å². The fraction of sp³-hybridized carbons (Fsp3) is 0.579. The first-order chi connectivity index (χ1) is 9.00. The summed E-state index contributed by atoms with van der Waals surface area (Å²) in [5, 5.41) is 9.72. The van der Waals surface area contributed by atoms with Gasteiger partial charge in [-0.05, 0) is 68.2 Å². The quantitative estimate of drug-likeness (QED) is 0.803. The molecule has 0 aliphatic heterocycles. The average Bonchev–Trinajstić information content (AvgIpc) is 2.23. The fourth-order valence-electron chi connectivity index (χ4n) is 2.31. The van der Waals surface area contributed by atoms with E-state index in [-0.39, 0.29) is 5.41 Å². The summed E-state index contributed by atoms with van der Waals surface area (Å²) in [4.78, 5) is 0. The number of aryl methyl sites for hydroxylation is 2. The average molecular weight is 274 g/mol.